The first-order chi connectivity index (χ1) is 12.3. The summed E-state index contributed by atoms with van der Waals surface area (Å²) in [5, 5.41) is 0.798. The van der Waals surface area contributed by atoms with E-state index >= 15 is 0 Å². The van der Waals surface area contributed by atoms with Crippen LogP contribution in [0.4, 0.5) is 0 Å². The number of ether oxygens (including phenoxy) is 2. The first-order valence-corrected chi connectivity index (χ1v) is 8.29. The molecule has 5 heteroatoms. The monoisotopic (exact) mass is 352 g/mol. The molecule has 0 aliphatic rings. The van der Waals surface area contributed by atoms with E-state index in [0.717, 1.165) is 27.6 Å². The maximum absolute atomic E-state index is 12.1. The Balaban J connectivity index is 1.72. The van der Waals surface area contributed by atoms with Gasteiger partial charge in [0.15, 0.2) is 6.61 Å². The van der Waals surface area contributed by atoms with E-state index in [1.54, 1.807) is 12.1 Å². The molecule has 2 aromatic carbocycles. The molecule has 0 unspecified atom stereocenters. The molecule has 3 aromatic rings. The van der Waals surface area contributed by atoms with Crippen molar-refractivity contribution in [1.29, 1.82) is 0 Å². The van der Waals surface area contributed by atoms with Crippen LogP contribution in [0, 0.1) is 27.7 Å². The zero-order chi connectivity index (χ0) is 18.8. The summed E-state index contributed by atoms with van der Waals surface area (Å²) < 4.78 is 16.1. The number of hydrogen-bond acceptors (Lipinski definition) is 5. The Morgan fingerprint density at radius 3 is 2.54 bits per heavy atom. The predicted octanol–water partition coefficient (Wildman–Crippen LogP) is 4.01. The van der Waals surface area contributed by atoms with Gasteiger partial charge in [0.2, 0.25) is 0 Å². The average molecular weight is 352 g/mol. The van der Waals surface area contributed by atoms with Crippen LogP contribution < -0.4 is 15.1 Å². The fraction of sp³-hybridized carbons (Fsp3) is 0.238. The molecule has 0 aliphatic carbocycles. The molecule has 0 bridgehead atoms. The molecule has 0 amide bonds. The van der Waals surface area contributed by atoms with Gasteiger partial charge in [-0.15, -0.1) is 0 Å². The molecule has 5 nitrogen and oxygen atoms in total. The van der Waals surface area contributed by atoms with Crippen molar-refractivity contribution in [2.75, 3.05) is 6.61 Å². The fourth-order valence-electron chi connectivity index (χ4n) is 2.82. The normalized spacial score (nSPS) is 10.8. The van der Waals surface area contributed by atoms with Crippen LogP contribution in [0.1, 0.15) is 22.3 Å². The van der Waals surface area contributed by atoms with Gasteiger partial charge in [0.1, 0.15) is 17.1 Å². The Bertz CT molecular complexity index is 1050. The molecule has 0 aliphatic heterocycles. The lowest BCUT2D eigenvalue weighted by Gasteiger charge is -2.12. The van der Waals surface area contributed by atoms with E-state index in [4.69, 9.17) is 13.9 Å². The first-order valence-electron chi connectivity index (χ1n) is 8.29. The second-order valence-corrected chi connectivity index (χ2v) is 6.37. The van der Waals surface area contributed by atoms with Crippen molar-refractivity contribution in [2.24, 2.45) is 0 Å². The number of carbonyl (C=O) groups excluding carboxylic acids is 1. The molecular weight excluding hydrogens is 332 g/mol. The molecule has 134 valence electrons. The quantitative estimate of drug-likeness (QED) is 0.403. The van der Waals surface area contributed by atoms with E-state index < -0.39 is 11.6 Å². The zero-order valence-electron chi connectivity index (χ0n) is 15.2. The summed E-state index contributed by atoms with van der Waals surface area (Å²) in [4.78, 5) is 23.6. The Morgan fingerprint density at radius 2 is 1.77 bits per heavy atom. The van der Waals surface area contributed by atoms with Crippen molar-refractivity contribution in [1.82, 2.24) is 0 Å². The number of hydrogen-bond donors (Lipinski definition) is 0. The summed E-state index contributed by atoms with van der Waals surface area (Å²) in [7, 11) is 0. The molecular formula is C21H20O5. The van der Waals surface area contributed by atoms with Gasteiger partial charge in [-0.3, -0.25) is 0 Å². The highest BCUT2D eigenvalue weighted by Crippen LogP contribution is 2.24. The third-order valence-corrected chi connectivity index (χ3v) is 4.26. The van der Waals surface area contributed by atoms with Crippen LogP contribution in [0.5, 0.6) is 11.5 Å². The van der Waals surface area contributed by atoms with E-state index in [9.17, 15) is 9.59 Å². The van der Waals surface area contributed by atoms with Gasteiger partial charge in [-0.2, -0.15) is 0 Å². The molecule has 0 radical (unpaired) electrons. The van der Waals surface area contributed by atoms with Crippen LogP contribution in [0.3, 0.4) is 0 Å². The van der Waals surface area contributed by atoms with E-state index in [-0.39, 0.29) is 6.61 Å². The van der Waals surface area contributed by atoms with Crippen molar-refractivity contribution in [3.05, 3.63) is 69.1 Å². The van der Waals surface area contributed by atoms with Gasteiger partial charge in [0.25, 0.3) is 0 Å². The smallest absolute Gasteiger partial charge is 0.349 e. The Hall–Kier alpha value is -3.08. The minimum absolute atomic E-state index is 0.209. The number of fused-ring (bicyclic) bond motifs is 1. The first kappa shape index (κ1) is 17.7. The second kappa shape index (κ2) is 7.04. The summed E-state index contributed by atoms with van der Waals surface area (Å²) >= 11 is 0. The van der Waals surface area contributed by atoms with Gasteiger partial charge in [0.05, 0.1) is 0 Å². The van der Waals surface area contributed by atoms with Gasteiger partial charge < -0.3 is 13.9 Å². The lowest BCUT2D eigenvalue weighted by atomic mass is 10.1. The SMILES string of the molecule is Cc1cc(C)c(C)c(OCC(=O)Oc2ccc3c(C)cc(=O)oc3c2)c1. The molecule has 0 N–H and O–H groups in total. The molecule has 0 atom stereocenters. The van der Waals surface area contributed by atoms with Crippen LogP contribution >= 0.6 is 0 Å². The van der Waals surface area contributed by atoms with Gasteiger partial charge in [0, 0.05) is 17.5 Å². The van der Waals surface area contributed by atoms with Crippen LogP contribution in [0.2, 0.25) is 0 Å². The number of benzene rings is 2. The highest BCUT2D eigenvalue weighted by molar-refractivity contribution is 5.82. The predicted molar refractivity (Wildman–Crippen MR) is 99.0 cm³/mol. The van der Waals surface area contributed by atoms with Crippen LogP contribution in [0.15, 0.2) is 45.6 Å². The Kier molecular flexibility index (Phi) is 4.80. The van der Waals surface area contributed by atoms with E-state index in [0.29, 0.717) is 17.1 Å². The molecule has 26 heavy (non-hydrogen) atoms. The van der Waals surface area contributed by atoms with Crippen LogP contribution in [-0.2, 0) is 4.79 Å². The molecule has 0 saturated carbocycles. The summed E-state index contributed by atoms with van der Waals surface area (Å²) in [6, 6.07) is 10.3. The van der Waals surface area contributed by atoms with Crippen molar-refractivity contribution in [3.63, 3.8) is 0 Å². The largest absolute Gasteiger partial charge is 0.482 e. The zero-order valence-corrected chi connectivity index (χ0v) is 15.2. The molecule has 0 saturated heterocycles. The summed E-state index contributed by atoms with van der Waals surface area (Å²) in [5.41, 5.74) is 3.91. The van der Waals surface area contributed by atoms with Crippen molar-refractivity contribution < 1.29 is 18.7 Å². The highest BCUT2D eigenvalue weighted by atomic mass is 16.6. The minimum Gasteiger partial charge on any atom is -0.482 e. The van der Waals surface area contributed by atoms with Crippen LogP contribution in [0.25, 0.3) is 11.0 Å². The lowest BCUT2D eigenvalue weighted by molar-refractivity contribution is -0.136. The highest BCUT2D eigenvalue weighted by Gasteiger charge is 2.11. The molecule has 1 aromatic heterocycles. The summed E-state index contributed by atoms with van der Waals surface area (Å²) in [5.74, 6) is 0.439. The Labute approximate surface area is 151 Å². The summed E-state index contributed by atoms with van der Waals surface area (Å²) in [6.07, 6.45) is 0. The lowest BCUT2D eigenvalue weighted by Crippen LogP contribution is -2.18. The van der Waals surface area contributed by atoms with Crippen LogP contribution in [-0.4, -0.2) is 12.6 Å². The fourth-order valence-corrected chi connectivity index (χ4v) is 2.82. The van der Waals surface area contributed by atoms with Gasteiger partial charge in [-0.25, -0.2) is 9.59 Å². The van der Waals surface area contributed by atoms with E-state index in [1.807, 2.05) is 33.8 Å². The number of esters is 1. The number of aryl methyl sites for hydroxylation is 3. The second-order valence-electron chi connectivity index (χ2n) is 6.37. The number of rotatable bonds is 4. The van der Waals surface area contributed by atoms with Crippen molar-refractivity contribution in [3.8, 4) is 11.5 Å². The van der Waals surface area contributed by atoms with Crippen molar-refractivity contribution >= 4 is 16.9 Å². The van der Waals surface area contributed by atoms with Crippen molar-refractivity contribution in [2.45, 2.75) is 27.7 Å². The number of carbonyl (C=O) groups is 1. The molecule has 0 spiro atoms. The Morgan fingerprint density at radius 1 is 1.00 bits per heavy atom. The minimum atomic E-state index is -0.530. The topological polar surface area (TPSA) is 65.7 Å². The maximum Gasteiger partial charge on any atom is 0.349 e. The summed E-state index contributed by atoms with van der Waals surface area (Å²) in [6.45, 7) is 7.54. The third-order valence-electron chi connectivity index (χ3n) is 4.26. The molecule has 0 fully saturated rings. The van der Waals surface area contributed by atoms with E-state index in [1.165, 1.54) is 12.1 Å². The van der Waals surface area contributed by atoms with Gasteiger partial charge in [-0.05, 0) is 68.1 Å². The van der Waals surface area contributed by atoms with Gasteiger partial charge in [-0.1, -0.05) is 6.07 Å². The van der Waals surface area contributed by atoms with Gasteiger partial charge >= 0.3 is 11.6 Å². The third kappa shape index (κ3) is 3.77. The molecule has 3 rings (SSSR count). The molecule has 1 heterocycles. The maximum atomic E-state index is 12.1. The van der Waals surface area contributed by atoms with E-state index in [2.05, 4.69) is 6.07 Å². The average Bonchev–Trinajstić information content (AvgIpc) is 2.56. The standard InChI is InChI=1S/C21H20O5/c1-12-7-13(2)15(4)18(8-12)24-11-21(23)25-16-5-6-17-14(3)9-20(22)26-19(17)10-16/h5-10H,11H2,1-4H3.